The molecule has 0 radical (unpaired) electrons. The average molecular weight is 301 g/mol. The Balaban J connectivity index is 0.00000147. The number of rotatable bonds is 5. The Morgan fingerprint density at radius 3 is 3.10 bits per heavy atom. The van der Waals surface area contributed by atoms with E-state index in [9.17, 15) is 0 Å². The molecular formula is C14H25ClN4O. The molecule has 2 aliphatic rings. The summed E-state index contributed by atoms with van der Waals surface area (Å²) >= 11 is 0. The first-order chi connectivity index (χ1) is 9.43. The standard InChI is InChI=1S/C14H24N4O.ClH/c1-2-12(14-10-19-9-6-17-14)13(3-1)16-5-8-18-7-4-15-11-18;/h4,7,11-14,16-17H,1-3,5-6,8-10H2;1H. The molecule has 1 saturated carbocycles. The zero-order valence-corrected chi connectivity index (χ0v) is 12.6. The summed E-state index contributed by atoms with van der Waals surface area (Å²) in [6.07, 6.45) is 9.69. The topological polar surface area (TPSA) is 51.1 Å². The van der Waals surface area contributed by atoms with Crippen molar-refractivity contribution in [1.29, 1.82) is 0 Å². The van der Waals surface area contributed by atoms with Crippen molar-refractivity contribution < 1.29 is 4.74 Å². The van der Waals surface area contributed by atoms with Gasteiger partial charge in [-0.15, -0.1) is 12.4 Å². The van der Waals surface area contributed by atoms with E-state index in [1.165, 1.54) is 19.3 Å². The number of imidazole rings is 1. The van der Waals surface area contributed by atoms with E-state index in [-0.39, 0.29) is 12.4 Å². The van der Waals surface area contributed by atoms with Crippen molar-refractivity contribution in [2.75, 3.05) is 26.3 Å². The van der Waals surface area contributed by atoms with Crippen LogP contribution in [0.3, 0.4) is 0 Å². The number of nitrogens with zero attached hydrogens (tertiary/aromatic N) is 2. The second-order valence-electron chi connectivity index (χ2n) is 5.59. The summed E-state index contributed by atoms with van der Waals surface area (Å²) in [6.45, 7) is 4.76. The monoisotopic (exact) mass is 300 g/mol. The molecule has 1 aliphatic heterocycles. The third kappa shape index (κ3) is 3.95. The molecular weight excluding hydrogens is 276 g/mol. The van der Waals surface area contributed by atoms with Gasteiger partial charge in [0.25, 0.3) is 0 Å². The second kappa shape index (κ2) is 7.98. The van der Waals surface area contributed by atoms with E-state index in [0.29, 0.717) is 12.1 Å². The lowest BCUT2D eigenvalue weighted by atomic mass is 9.94. The van der Waals surface area contributed by atoms with Gasteiger partial charge in [0.05, 0.1) is 19.5 Å². The number of ether oxygens (including phenoxy) is 1. The lowest BCUT2D eigenvalue weighted by Crippen LogP contribution is -2.51. The van der Waals surface area contributed by atoms with Gasteiger partial charge in [0.1, 0.15) is 0 Å². The minimum absolute atomic E-state index is 0. The summed E-state index contributed by atoms with van der Waals surface area (Å²) < 4.78 is 7.73. The van der Waals surface area contributed by atoms with Crippen LogP contribution in [-0.2, 0) is 11.3 Å². The van der Waals surface area contributed by atoms with E-state index in [2.05, 4.69) is 20.2 Å². The van der Waals surface area contributed by atoms with Crippen molar-refractivity contribution in [3.8, 4) is 0 Å². The summed E-state index contributed by atoms with van der Waals surface area (Å²) in [4.78, 5) is 4.07. The van der Waals surface area contributed by atoms with Crippen molar-refractivity contribution >= 4 is 12.4 Å². The predicted octanol–water partition coefficient (Wildman–Crippen LogP) is 1.05. The Bertz CT molecular complexity index is 367. The van der Waals surface area contributed by atoms with Gasteiger partial charge in [-0.25, -0.2) is 4.98 Å². The number of hydrogen-bond acceptors (Lipinski definition) is 4. The Labute approximate surface area is 126 Å². The number of hydrogen-bond donors (Lipinski definition) is 2. The van der Waals surface area contributed by atoms with Crippen LogP contribution >= 0.6 is 12.4 Å². The van der Waals surface area contributed by atoms with Gasteiger partial charge in [-0.05, 0) is 18.8 Å². The normalized spacial score (nSPS) is 30.1. The molecule has 2 heterocycles. The fourth-order valence-corrected chi connectivity index (χ4v) is 3.38. The Morgan fingerprint density at radius 2 is 2.35 bits per heavy atom. The third-order valence-electron chi connectivity index (χ3n) is 4.37. The van der Waals surface area contributed by atoms with Gasteiger partial charge in [0.2, 0.25) is 0 Å². The SMILES string of the molecule is Cl.c1cn(CCNC2CCCC2C2COCCN2)cn1. The molecule has 2 N–H and O–H groups in total. The minimum Gasteiger partial charge on any atom is -0.379 e. The molecule has 0 bridgehead atoms. The highest BCUT2D eigenvalue weighted by molar-refractivity contribution is 5.85. The summed E-state index contributed by atoms with van der Waals surface area (Å²) in [5, 5.41) is 7.34. The maximum atomic E-state index is 5.60. The summed E-state index contributed by atoms with van der Waals surface area (Å²) in [6, 6.07) is 1.18. The van der Waals surface area contributed by atoms with Crippen LogP contribution in [0.5, 0.6) is 0 Å². The summed E-state index contributed by atoms with van der Waals surface area (Å²) in [5.74, 6) is 0.725. The first kappa shape index (κ1) is 15.8. The first-order valence-corrected chi connectivity index (χ1v) is 7.44. The van der Waals surface area contributed by atoms with Crippen molar-refractivity contribution in [2.24, 2.45) is 5.92 Å². The van der Waals surface area contributed by atoms with Crippen molar-refractivity contribution in [3.05, 3.63) is 18.7 Å². The maximum absolute atomic E-state index is 5.60. The molecule has 3 unspecified atom stereocenters. The maximum Gasteiger partial charge on any atom is 0.0946 e. The van der Waals surface area contributed by atoms with Gasteiger partial charge in [0.15, 0.2) is 0 Å². The smallest absolute Gasteiger partial charge is 0.0946 e. The predicted molar refractivity (Wildman–Crippen MR) is 81.2 cm³/mol. The molecule has 1 aromatic rings. The van der Waals surface area contributed by atoms with Gasteiger partial charge in [-0.2, -0.15) is 0 Å². The molecule has 6 heteroatoms. The fraction of sp³-hybridized carbons (Fsp3) is 0.786. The summed E-state index contributed by atoms with van der Waals surface area (Å²) in [5.41, 5.74) is 0. The van der Waals surface area contributed by atoms with E-state index in [4.69, 9.17) is 4.74 Å². The molecule has 0 spiro atoms. The number of nitrogens with one attached hydrogen (secondary N) is 2. The Kier molecular flexibility index (Phi) is 6.29. The van der Waals surface area contributed by atoms with E-state index in [0.717, 1.165) is 38.8 Å². The zero-order valence-electron chi connectivity index (χ0n) is 11.8. The van der Waals surface area contributed by atoms with Crippen molar-refractivity contribution in [2.45, 2.75) is 37.9 Å². The van der Waals surface area contributed by atoms with Gasteiger partial charge < -0.3 is 19.9 Å². The van der Waals surface area contributed by atoms with Crippen molar-refractivity contribution in [1.82, 2.24) is 20.2 Å². The van der Waals surface area contributed by atoms with E-state index in [1.807, 2.05) is 18.7 Å². The van der Waals surface area contributed by atoms with E-state index >= 15 is 0 Å². The molecule has 1 aromatic heterocycles. The lowest BCUT2D eigenvalue weighted by molar-refractivity contribution is 0.0525. The van der Waals surface area contributed by atoms with E-state index < -0.39 is 0 Å². The molecule has 1 saturated heterocycles. The molecule has 3 rings (SSSR count). The molecule has 20 heavy (non-hydrogen) atoms. The highest BCUT2D eigenvalue weighted by Gasteiger charge is 2.34. The van der Waals surface area contributed by atoms with Crippen LogP contribution in [0.2, 0.25) is 0 Å². The minimum atomic E-state index is 0. The molecule has 0 amide bonds. The van der Waals surface area contributed by atoms with E-state index in [1.54, 1.807) is 0 Å². The van der Waals surface area contributed by atoms with Gasteiger partial charge in [-0.1, -0.05) is 6.42 Å². The quantitative estimate of drug-likeness (QED) is 0.853. The summed E-state index contributed by atoms with van der Waals surface area (Å²) in [7, 11) is 0. The lowest BCUT2D eigenvalue weighted by Gasteiger charge is -2.33. The van der Waals surface area contributed by atoms with Crippen LogP contribution in [0.25, 0.3) is 0 Å². The van der Waals surface area contributed by atoms with Crippen LogP contribution in [0.1, 0.15) is 19.3 Å². The second-order valence-corrected chi connectivity index (χ2v) is 5.59. The van der Waals surface area contributed by atoms with Gasteiger partial charge in [0, 0.05) is 44.1 Å². The van der Waals surface area contributed by atoms with Gasteiger partial charge in [-0.3, -0.25) is 0 Å². The number of morpholine rings is 1. The van der Waals surface area contributed by atoms with Crippen LogP contribution in [0.4, 0.5) is 0 Å². The molecule has 1 aliphatic carbocycles. The molecule has 2 fully saturated rings. The van der Waals surface area contributed by atoms with Crippen molar-refractivity contribution in [3.63, 3.8) is 0 Å². The first-order valence-electron chi connectivity index (χ1n) is 7.44. The number of aromatic nitrogens is 2. The Hall–Kier alpha value is -0.620. The zero-order chi connectivity index (χ0) is 12.9. The van der Waals surface area contributed by atoms with Crippen LogP contribution in [0.15, 0.2) is 18.7 Å². The van der Waals surface area contributed by atoms with Gasteiger partial charge >= 0.3 is 0 Å². The highest BCUT2D eigenvalue weighted by atomic mass is 35.5. The number of halogens is 1. The van der Waals surface area contributed by atoms with Crippen LogP contribution < -0.4 is 10.6 Å². The molecule has 3 atom stereocenters. The fourth-order valence-electron chi connectivity index (χ4n) is 3.38. The molecule has 0 aromatic carbocycles. The molecule has 5 nitrogen and oxygen atoms in total. The average Bonchev–Trinajstić information content (AvgIpc) is 3.11. The highest BCUT2D eigenvalue weighted by Crippen LogP contribution is 2.29. The molecule has 114 valence electrons. The van der Waals surface area contributed by atoms with Crippen LogP contribution in [0, 0.1) is 5.92 Å². The van der Waals surface area contributed by atoms with Crippen LogP contribution in [-0.4, -0.2) is 47.9 Å². The third-order valence-corrected chi connectivity index (χ3v) is 4.37. The Morgan fingerprint density at radius 1 is 1.40 bits per heavy atom. The largest absolute Gasteiger partial charge is 0.379 e.